The predicted molar refractivity (Wildman–Crippen MR) is 63.0 cm³/mol. The molecule has 0 aromatic carbocycles. The third-order valence-electron chi connectivity index (χ3n) is 2.54. The molecule has 1 aromatic heterocycles. The number of amides is 1. The number of nitrogens with zero attached hydrogens (tertiary/aromatic N) is 1. The maximum Gasteiger partial charge on any atom is 0.417 e. The Morgan fingerprint density at radius 3 is 2.25 bits per heavy atom. The van der Waals surface area contributed by atoms with Crippen LogP contribution in [0.25, 0.3) is 0 Å². The van der Waals surface area contributed by atoms with Gasteiger partial charge in [0.05, 0.1) is 5.56 Å². The van der Waals surface area contributed by atoms with Gasteiger partial charge in [-0.3, -0.25) is 9.78 Å². The summed E-state index contributed by atoms with van der Waals surface area (Å²) < 4.78 is 37.0. The van der Waals surface area contributed by atoms with Gasteiger partial charge in [0.2, 0.25) is 0 Å². The van der Waals surface area contributed by atoms with Gasteiger partial charge in [-0.15, -0.1) is 0 Å². The van der Waals surface area contributed by atoms with E-state index in [1.807, 2.05) is 0 Å². The second-order valence-electron chi connectivity index (χ2n) is 4.46. The van der Waals surface area contributed by atoms with E-state index in [1.165, 1.54) is 0 Å². The monoisotopic (exact) mass is 290 g/mol. The van der Waals surface area contributed by atoms with Crippen molar-refractivity contribution < 1.29 is 27.9 Å². The summed E-state index contributed by atoms with van der Waals surface area (Å²) in [5.74, 6) is -2.43. The molecular formula is C12H13F3N2O3. The van der Waals surface area contributed by atoms with Crippen LogP contribution in [0.1, 0.15) is 29.9 Å². The van der Waals surface area contributed by atoms with Gasteiger partial charge in [0.15, 0.2) is 0 Å². The molecule has 0 radical (unpaired) electrons. The summed E-state index contributed by atoms with van der Waals surface area (Å²) in [5.41, 5.74) is -1.25. The number of nitrogens with one attached hydrogen (secondary N) is 1. The van der Waals surface area contributed by atoms with Crippen LogP contribution in [0.5, 0.6) is 0 Å². The van der Waals surface area contributed by atoms with Crippen molar-refractivity contribution in [3.8, 4) is 0 Å². The van der Waals surface area contributed by atoms with Crippen molar-refractivity contribution in [2.75, 3.05) is 0 Å². The molecule has 20 heavy (non-hydrogen) atoms. The van der Waals surface area contributed by atoms with Crippen molar-refractivity contribution in [2.45, 2.75) is 26.1 Å². The first-order valence-corrected chi connectivity index (χ1v) is 5.70. The summed E-state index contributed by atoms with van der Waals surface area (Å²) in [6.07, 6.45) is -4.01. The molecule has 0 saturated heterocycles. The lowest BCUT2D eigenvalue weighted by Crippen LogP contribution is -2.44. The first-order valence-electron chi connectivity index (χ1n) is 5.70. The smallest absolute Gasteiger partial charge is 0.417 e. The summed E-state index contributed by atoms with van der Waals surface area (Å²) >= 11 is 0. The van der Waals surface area contributed by atoms with Gasteiger partial charge in [0, 0.05) is 6.20 Å². The first kappa shape index (κ1) is 15.9. The molecule has 0 aliphatic heterocycles. The van der Waals surface area contributed by atoms with E-state index in [9.17, 15) is 22.8 Å². The molecule has 0 unspecified atom stereocenters. The molecular weight excluding hydrogens is 277 g/mol. The Balaban J connectivity index is 2.85. The SMILES string of the molecule is CC(C)[C@H](NC(=O)c1ccc(C(F)(F)F)cn1)C(=O)O. The van der Waals surface area contributed by atoms with Crippen LogP contribution in [0, 0.1) is 5.92 Å². The molecule has 0 fully saturated rings. The zero-order chi connectivity index (χ0) is 15.5. The molecule has 2 N–H and O–H groups in total. The van der Waals surface area contributed by atoms with Crippen LogP contribution in [-0.2, 0) is 11.0 Å². The van der Waals surface area contributed by atoms with E-state index in [0.29, 0.717) is 12.3 Å². The van der Waals surface area contributed by atoms with Crippen molar-refractivity contribution in [2.24, 2.45) is 5.92 Å². The Labute approximate surface area is 112 Å². The molecule has 110 valence electrons. The number of rotatable bonds is 4. The van der Waals surface area contributed by atoms with E-state index in [4.69, 9.17) is 5.11 Å². The maximum atomic E-state index is 12.3. The van der Waals surface area contributed by atoms with Crippen molar-refractivity contribution >= 4 is 11.9 Å². The molecule has 5 nitrogen and oxygen atoms in total. The van der Waals surface area contributed by atoms with Crippen molar-refractivity contribution in [1.29, 1.82) is 0 Å². The molecule has 0 aliphatic rings. The maximum absolute atomic E-state index is 12.3. The highest BCUT2D eigenvalue weighted by Gasteiger charge is 2.31. The number of hydrogen-bond acceptors (Lipinski definition) is 3. The largest absolute Gasteiger partial charge is 0.480 e. The van der Waals surface area contributed by atoms with Crippen LogP contribution in [0.3, 0.4) is 0 Å². The zero-order valence-electron chi connectivity index (χ0n) is 10.7. The summed E-state index contributed by atoms with van der Waals surface area (Å²) in [4.78, 5) is 26.0. The fourth-order valence-corrected chi connectivity index (χ4v) is 1.42. The minimum absolute atomic E-state index is 0.273. The van der Waals surface area contributed by atoms with Crippen molar-refractivity contribution in [3.05, 3.63) is 29.6 Å². The van der Waals surface area contributed by atoms with Crippen molar-refractivity contribution in [3.63, 3.8) is 0 Å². The third-order valence-corrected chi connectivity index (χ3v) is 2.54. The van der Waals surface area contributed by atoms with Gasteiger partial charge in [-0.05, 0) is 18.1 Å². The van der Waals surface area contributed by atoms with Crippen LogP contribution in [0.15, 0.2) is 18.3 Å². The number of aliphatic carboxylic acids is 1. The number of carbonyl (C=O) groups excluding carboxylic acids is 1. The second kappa shape index (κ2) is 5.89. The fraction of sp³-hybridized carbons (Fsp3) is 0.417. The minimum Gasteiger partial charge on any atom is -0.480 e. The molecule has 0 aliphatic carbocycles. The zero-order valence-corrected chi connectivity index (χ0v) is 10.7. The summed E-state index contributed by atoms with van der Waals surface area (Å²) in [6, 6.07) is 0.483. The summed E-state index contributed by atoms with van der Waals surface area (Å²) in [5, 5.41) is 11.1. The number of halogens is 3. The Bertz CT molecular complexity index is 498. The lowest BCUT2D eigenvalue weighted by Gasteiger charge is -2.17. The Morgan fingerprint density at radius 1 is 1.30 bits per heavy atom. The number of hydrogen-bond donors (Lipinski definition) is 2. The second-order valence-corrected chi connectivity index (χ2v) is 4.46. The molecule has 0 bridgehead atoms. The number of aromatic nitrogens is 1. The Kier molecular flexibility index (Phi) is 4.69. The number of alkyl halides is 3. The van der Waals surface area contributed by atoms with Crippen LogP contribution in [0.2, 0.25) is 0 Å². The number of carbonyl (C=O) groups is 2. The molecule has 1 rings (SSSR count). The highest BCUT2D eigenvalue weighted by Crippen LogP contribution is 2.28. The highest BCUT2D eigenvalue weighted by molar-refractivity contribution is 5.95. The van der Waals surface area contributed by atoms with Crippen molar-refractivity contribution in [1.82, 2.24) is 10.3 Å². The average Bonchev–Trinajstić information content (AvgIpc) is 2.34. The predicted octanol–water partition coefficient (Wildman–Crippen LogP) is 1.94. The fourth-order valence-electron chi connectivity index (χ4n) is 1.42. The first-order chi connectivity index (χ1) is 9.12. The quantitative estimate of drug-likeness (QED) is 0.888. The molecule has 1 atom stereocenters. The lowest BCUT2D eigenvalue weighted by atomic mass is 10.0. The Hall–Kier alpha value is -2.12. The van der Waals surface area contributed by atoms with Gasteiger partial charge in [-0.1, -0.05) is 13.8 Å². The number of carboxylic acid groups (broad SMARTS) is 1. The molecule has 1 amide bonds. The van der Waals surface area contributed by atoms with E-state index in [2.05, 4.69) is 10.3 Å². The van der Waals surface area contributed by atoms with Crippen LogP contribution in [0.4, 0.5) is 13.2 Å². The number of carboxylic acids is 1. The summed E-state index contributed by atoms with van der Waals surface area (Å²) in [7, 11) is 0. The summed E-state index contributed by atoms with van der Waals surface area (Å²) in [6.45, 7) is 3.19. The van der Waals surface area contributed by atoms with Gasteiger partial charge in [0.25, 0.3) is 5.91 Å². The van der Waals surface area contributed by atoms with E-state index in [0.717, 1.165) is 6.07 Å². The molecule has 8 heteroatoms. The van der Waals surface area contributed by atoms with Gasteiger partial charge in [-0.25, -0.2) is 4.79 Å². The molecule has 1 heterocycles. The average molecular weight is 290 g/mol. The van der Waals surface area contributed by atoms with Gasteiger partial charge >= 0.3 is 12.1 Å². The molecule has 1 aromatic rings. The van der Waals surface area contributed by atoms with Gasteiger partial charge < -0.3 is 10.4 Å². The number of pyridine rings is 1. The molecule has 0 spiro atoms. The van der Waals surface area contributed by atoms with Crippen LogP contribution >= 0.6 is 0 Å². The van der Waals surface area contributed by atoms with Crippen LogP contribution < -0.4 is 5.32 Å². The minimum atomic E-state index is -4.54. The standard InChI is InChI=1S/C12H13F3N2O3/c1-6(2)9(11(19)20)17-10(18)8-4-3-7(5-16-8)12(13,14)15/h3-6,9H,1-2H3,(H,17,18)(H,19,20)/t9-/m0/s1. The normalized spacial score (nSPS) is 13.1. The van der Waals surface area contributed by atoms with E-state index in [-0.39, 0.29) is 11.6 Å². The van der Waals surface area contributed by atoms with E-state index >= 15 is 0 Å². The van der Waals surface area contributed by atoms with E-state index in [1.54, 1.807) is 13.8 Å². The third kappa shape index (κ3) is 3.94. The van der Waals surface area contributed by atoms with Gasteiger partial charge in [0.1, 0.15) is 11.7 Å². The lowest BCUT2D eigenvalue weighted by molar-refractivity contribution is -0.140. The highest BCUT2D eigenvalue weighted by atomic mass is 19.4. The Morgan fingerprint density at radius 2 is 1.90 bits per heavy atom. The van der Waals surface area contributed by atoms with Crippen LogP contribution in [-0.4, -0.2) is 28.0 Å². The molecule has 0 saturated carbocycles. The van der Waals surface area contributed by atoms with E-state index < -0.39 is 29.7 Å². The van der Waals surface area contributed by atoms with Gasteiger partial charge in [-0.2, -0.15) is 13.2 Å². The topological polar surface area (TPSA) is 79.3 Å².